The second-order valence-electron chi connectivity index (χ2n) is 8.55. The normalized spacial score (nSPS) is 14.5. The van der Waals surface area contributed by atoms with Gasteiger partial charge in [0.25, 0.3) is 5.69 Å². The highest BCUT2D eigenvalue weighted by Crippen LogP contribution is 2.36. The molecule has 0 radical (unpaired) electrons. The van der Waals surface area contributed by atoms with E-state index in [0.717, 1.165) is 10.5 Å². The van der Waals surface area contributed by atoms with Crippen LogP contribution in [0.4, 0.5) is 5.69 Å². The van der Waals surface area contributed by atoms with E-state index in [-0.39, 0.29) is 16.4 Å². The van der Waals surface area contributed by atoms with Crippen molar-refractivity contribution in [1.29, 1.82) is 0 Å². The quantitative estimate of drug-likeness (QED) is 0.156. The van der Waals surface area contributed by atoms with Gasteiger partial charge in [-0.3, -0.25) is 14.9 Å². The van der Waals surface area contributed by atoms with E-state index in [1.165, 1.54) is 61.6 Å². The van der Waals surface area contributed by atoms with Gasteiger partial charge >= 0.3 is 0 Å². The molecule has 33 heavy (non-hydrogen) atoms. The van der Waals surface area contributed by atoms with Gasteiger partial charge in [-0.15, -0.1) is 0 Å². The van der Waals surface area contributed by atoms with Crippen LogP contribution in [0.15, 0.2) is 82.6 Å². The Morgan fingerprint density at radius 2 is 1.67 bits per heavy atom. The van der Waals surface area contributed by atoms with Crippen molar-refractivity contribution in [3.05, 3.63) is 105 Å². The molecule has 1 saturated carbocycles. The van der Waals surface area contributed by atoms with E-state index in [0.29, 0.717) is 21.9 Å². The first-order chi connectivity index (χ1) is 16.0. The van der Waals surface area contributed by atoms with Crippen LogP contribution in [0, 0.1) is 17.0 Å². The fraction of sp³-hybridized carbons (Fsp3) is 0.250. The highest BCUT2D eigenvalue weighted by Gasteiger charge is 2.17. The van der Waals surface area contributed by atoms with E-state index in [1.807, 2.05) is 43.3 Å². The third-order valence-electron chi connectivity index (χ3n) is 6.13. The van der Waals surface area contributed by atoms with Gasteiger partial charge in [0.1, 0.15) is 0 Å². The number of hydrogen-bond acceptors (Lipinski definition) is 4. The lowest BCUT2D eigenvalue weighted by Crippen LogP contribution is -2.05. The highest BCUT2D eigenvalue weighted by atomic mass is 32.2. The molecule has 1 aliphatic carbocycles. The molecular weight excluding hydrogens is 430 g/mol. The lowest BCUT2D eigenvalue weighted by molar-refractivity contribution is -0.387. The van der Waals surface area contributed by atoms with Crippen LogP contribution in [0.2, 0.25) is 0 Å². The Kier molecular flexibility index (Phi) is 7.40. The van der Waals surface area contributed by atoms with Crippen molar-refractivity contribution in [2.75, 3.05) is 0 Å². The third kappa shape index (κ3) is 5.99. The molecule has 5 heteroatoms. The van der Waals surface area contributed by atoms with Crippen LogP contribution in [0.1, 0.15) is 65.1 Å². The lowest BCUT2D eigenvalue weighted by Gasteiger charge is -2.21. The van der Waals surface area contributed by atoms with E-state index in [9.17, 15) is 14.9 Å². The molecule has 168 valence electrons. The molecular formula is C28H27NO3S. The predicted molar refractivity (Wildman–Crippen MR) is 134 cm³/mol. The number of allylic oxidation sites excluding steroid dienone is 1. The number of carbonyl (C=O) groups is 1. The molecule has 0 aromatic heterocycles. The number of nitrogens with zero attached hydrogens (tertiary/aromatic N) is 1. The minimum absolute atomic E-state index is 0.0343. The van der Waals surface area contributed by atoms with Crippen LogP contribution in [-0.2, 0) is 0 Å². The molecule has 0 spiro atoms. The summed E-state index contributed by atoms with van der Waals surface area (Å²) < 4.78 is 0. The Bertz CT molecular complexity index is 1160. The predicted octanol–water partition coefficient (Wildman–Crippen LogP) is 8.00. The number of rotatable bonds is 7. The van der Waals surface area contributed by atoms with Gasteiger partial charge in [-0.25, -0.2) is 0 Å². The minimum Gasteiger partial charge on any atom is -0.289 e. The van der Waals surface area contributed by atoms with E-state index in [1.54, 1.807) is 18.2 Å². The van der Waals surface area contributed by atoms with Gasteiger partial charge < -0.3 is 0 Å². The standard InChI is InChI=1S/C28H27NO3S/c1-20-7-15-25(16-8-20)33-28-18-10-21(19-26(28)29(31)32)9-17-27(30)24-13-11-23(12-14-24)22-5-3-2-4-6-22/h7-19,22H,2-6H2,1H3/b17-9+. The molecule has 0 aliphatic heterocycles. The van der Waals surface area contributed by atoms with Gasteiger partial charge in [-0.1, -0.05) is 85.1 Å². The number of nitro benzene ring substituents is 1. The van der Waals surface area contributed by atoms with Crippen molar-refractivity contribution in [2.24, 2.45) is 0 Å². The zero-order chi connectivity index (χ0) is 23.2. The second kappa shape index (κ2) is 10.6. The van der Waals surface area contributed by atoms with Gasteiger partial charge in [0, 0.05) is 16.5 Å². The third-order valence-corrected chi connectivity index (χ3v) is 7.20. The van der Waals surface area contributed by atoms with Crippen LogP contribution in [0.25, 0.3) is 6.08 Å². The maximum atomic E-state index is 12.6. The number of nitro groups is 1. The first-order valence-corrected chi connectivity index (χ1v) is 12.2. The SMILES string of the molecule is Cc1ccc(Sc2ccc(/C=C/C(=O)c3ccc(C4CCCCC4)cc3)cc2[N+](=O)[O-])cc1. The maximum absolute atomic E-state index is 12.6. The maximum Gasteiger partial charge on any atom is 0.283 e. The number of ketones is 1. The average Bonchev–Trinajstić information content (AvgIpc) is 2.85. The topological polar surface area (TPSA) is 60.2 Å². The molecule has 0 amide bonds. The largest absolute Gasteiger partial charge is 0.289 e. The first kappa shape index (κ1) is 23.0. The zero-order valence-electron chi connectivity index (χ0n) is 18.7. The summed E-state index contributed by atoms with van der Waals surface area (Å²) in [5.74, 6) is 0.501. The fourth-order valence-corrected chi connectivity index (χ4v) is 5.12. The van der Waals surface area contributed by atoms with Gasteiger partial charge in [-0.05, 0) is 61.1 Å². The zero-order valence-corrected chi connectivity index (χ0v) is 19.5. The Balaban J connectivity index is 1.46. The molecule has 0 atom stereocenters. The van der Waals surface area contributed by atoms with Gasteiger partial charge in [0.15, 0.2) is 5.78 Å². The molecule has 1 fully saturated rings. The van der Waals surface area contributed by atoms with Gasteiger partial charge in [-0.2, -0.15) is 0 Å². The molecule has 0 heterocycles. The van der Waals surface area contributed by atoms with Crippen molar-refractivity contribution >= 4 is 29.3 Å². The summed E-state index contributed by atoms with van der Waals surface area (Å²) in [7, 11) is 0. The summed E-state index contributed by atoms with van der Waals surface area (Å²) in [6.07, 6.45) is 9.47. The molecule has 0 unspecified atom stereocenters. The molecule has 3 aromatic carbocycles. The second-order valence-corrected chi connectivity index (χ2v) is 9.67. The van der Waals surface area contributed by atoms with Crippen LogP contribution >= 0.6 is 11.8 Å². The van der Waals surface area contributed by atoms with Crippen LogP contribution in [0.5, 0.6) is 0 Å². The van der Waals surface area contributed by atoms with Crippen molar-refractivity contribution in [3.63, 3.8) is 0 Å². The first-order valence-electron chi connectivity index (χ1n) is 11.3. The Labute approximate surface area is 198 Å². The Morgan fingerprint density at radius 3 is 2.33 bits per heavy atom. The van der Waals surface area contributed by atoms with Crippen LogP contribution in [-0.4, -0.2) is 10.7 Å². The number of aryl methyl sites for hydroxylation is 1. The van der Waals surface area contributed by atoms with Crippen molar-refractivity contribution in [1.82, 2.24) is 0 Å². The summed E-state index contributed by atoms with van der Waals surface area (Å²) >= 11 is 1.36. The average molecular weight is 458 g/mol. The molecule has 4 rings (SSSR count). The van der Waals surface area contributed by atoms with Crippen molar-refractivity contribution < 1.29 is 9.72 Å². The smallest absolute Gasteiger partial charge is 0.283 e. The molecule has 0 N–H and O–H groups in total. The van der Waals surface area contributed by atoms with E-state index in [2.05, 4.69) is 12.1 Å². The van der Waals surface area contributed by atoms with Crippen LogP contribution in [0.3, 0.4) is 0 Å². The molecule has 0 saturated heterocycles. The summed E-state index contributed by atoms with van der Waals surface area (Å²) in [4.78, 5) is 25.4. The molecule has 4 nitrogen and oxygen atoms in total. The fourth-order valence-electron chi connectivity index (χ4n) is 4.22. The summed E-state index contributed by atoms with van der Waals surface area (Å²) in [5.41, 5.74) is 3.75. The molecule has 1 aliphatic rings. The van der Waals surface area contributed by atoms with Gasteiger partial charge in [0.05, 0.1) is 9.82 Å². The van der Waals surface area contributed by atoms with Crippen LogP contribution < -0.4 is 0 Å². The summed E-state index contributed by atoms with van der Waals surface area (Å²) in [6, 6.07) is 20.9. The lowest BCUT2D eigenvalue weighted by atomic mass is 9.84. The van der Waals surface area contributed by atoms with Crippen molar-refractivity contribution in [2.45, 2.75) is 54.7 Å². The van der Waals surface area contributed by atoms with E-state index < -0.39 is 0 Å². The van der Waals surface area contributed by atoms with E-state index >= 15 is 0 Å². The van der Waals surface area contributed by atoms with Crippen molar-refractivity contribution in [3.8, 4) is 0 Å². The monoisotopic (exact) mass is 457 g/mol. The summed E-state index contributed by atoms with van der Waals surface area (Å²) in [5, 5.41) is 11.6. The number of benzene rings is 3. The minimum atomic E-state index is -0.375. The Hall–Kier alpha value is -3.18. The Morgan fingerprint density at radius 1 is 0.970 bits per heavy atom. The highest BCUT2D eigenvalue weighted by molar-refractivity contribution is 7.99. The number of hydrogen-bond donors (Lipinski definition) is 0. The molecule has 0 bridgehead atoms. The van der Waals surface area contributed by atoms with Gasteiger partial charge in [0.2, 0.25) is 0 Å². The molecule has 3 aromatic rings. The number of carbonyl (C=O) groups excluding carboxylic acids is 1. The summed E-state index contributed by atoms with van der Waals surface area (Å²) in [6.45, 7) is 2.00. The van der Waals surface area contributed by atoms with E-state index in [4.69, 9.17) is 0 Å².